The van der Waals surface area contributed by atoms with Gasteiger partial charge < -0.3 is 15.2 Å². The molecule has 0 aromatic carbocycles. The van der Waals surface area contributed by atoms with Crippen molar-refractivity contribution in [1.29, 1.82) is 0 Å². The van der Waals surface area contributed by atoms with Gasteiger partial charge in [0.25, 0.3) is 0 Å². The molecule has 1 aromatic rings. The molecule has 2 fully saturated rings. The van der Waals surface area contributed by atoms with Crippen molar-refractivity contribution in [2.75, 3.05) is 12.4 Å². The number of rotatable bonds is 5. The lowest BCUT2D eigenvalue weighted by Crippen LogP contribution is -2.30. The number of nitrogens with one attached hydrogen (secondary N) is 1. The van der Waals surface area contributed by atoms with Crippen molar-refractivity contribution in [3.8, 4) is 12.3 Å². The highest BCUT2D eigenvalue weighted by molar-refractivity contribution is 5.39. The van der Waals surface area contributed by atoms with Crippen LogP contribution in [0.3, 0.4) is 0 Å². The van der Waals surface area contributed by atoms with Crippen molar-refractivity contribution in [2.24, 2.45) is 5.92 Å². The van der Waals surface area contributed by atoms with Crippen LogP contribution in [0, 0.1) is 18.3 Å². The molecule has 1 heterocycles. The van der Waals surface area contributed by atoms with E-state index in [0.29, 0.717) is 24.0 Å². The van der Waals surface area contributed by atoms with Gasteiger partial charge >= 0.3 is 0 Å². The van der Waals surface area contributed by atoms with E-state index in [1.807, 2.05) is 6.92 Å². The molecule has 2 aliphatic carbocycles. The van der Waals surface area contributed by atoms with Gasteiger partial charge in [-0.05, 0) is 64.2 Å². The molecule has 0 spiro atoms. The second kappa shape index (κ2) is 9.03. The maximum atomic E-state index is 10.5. The molecule has 148 valence electrons. The molecule has 0 bridgehead atoms. The topological polar surface area (TPSA) is 67.3 Å². The third-order valence-electron chi connectivity index (χ3n) is 6.15. The van der Waals surface area contributed by atoms with Crippen LogP contribution in [0.2, 0.25) is 0 Å². The van der Waals surface area contributed by atoms with Crippen molar-refractivity contribution in [2.45, 2.75) is 88.9 Å². The standard InChI is InChI=1S/C22H33N3O2/c1-4-17-15-23-21(24-18-8-10-19(27-3)11-9-18)25-20(17)13-16-7-5-6-12-22(2,26)14-16/h1,15-16,18-19,26H,5-14H2,2-3H3,(H,23,24,25)/t16-,18?,19?,22+/m1/s1. The van der Waals surface area contributed by atoms with Gasteiger partial charge in [0.05, 0.1) is 23.0 Å². The van der Waals surface area contributed by atoms with Gasteiger partial charge in [-0.1, -0.05) is 18.8 Å². The first-order valence-electron chi connectivity index (χ1n) is 10.3. The minimum absolute atomic E-state index is 0.381. The van der Waals surface area contributed by atoms with Gasteiger partial charge in [-0.3, -0.25) is 0 Å². The van der Waals surface area contributed by atoms with E-state index in [2.05, 4.69) is 16.2 Å². The van der Waals surface area contributed by atoms with Crippen LogP contribution in [0.15, 0.2) is 6.20 Å². The SMILES string of the molecule is C#Cc1cnc(NC2CCC(OC)CC2)nc1C[C@H]1CCCC[C@](C)(O)C1. The largest absolute Gasteiger partial charge is 0.390 e. The third-order valence-corrected chi connectivity index (χ3v) is 6.15. The Balaban J connectivity index is 1.67. The van der Waals surface area contributed by atoms with Crippen LogP contribution in [0.25, 0.3) is 0 Å². The molecule has 0 unspecified atom stereocenters. The van der Waals surface area contributed by atoms with Crippen LogP contribution >= 0.6 is 0 Å². The Morgan fingerprint density at radius 3 is 2.78 bits per heavy atom. The number of terminal acetylenes is 1. The first-order valence-corrected chi connectivity index (χ1v) is 10.3. The summed E-state index contributed by atoms with van der Waals surface area (Å²) in [5.41, 5.74) is 1.13. The lowest BCUT2D eigenvalue weighted by molar-refractivity contribution is 0.0318. The summed E-state index contributed by atoms with van der Waals surface area (Å²) in [6.07, 6.45) is 18.0. The highest BCUT2D eigenvalue weighted by Gasteiger charge is 2.29. The molecule has 5 heteroatoms. The number of methoxy groups -OCH3 is 1. The van der Waals surface area contributed by atoms with E-state index < -0.39 is 5.60 Å². The maximum absolute atomic E-state index is 10.5. The fourth-order valence-corrected chi connectivity index (χ4v) is 4.60. The number of anilines is 1. The van der Waals surface area contributed by atoms with E-state index in [4.69, 9.17) is 16.1 Å². The molecule has 0 saturated heterocycles. The number of ether oxygens (including phenoxy) is 1. The van der Waals surface area contributed by atoms with Gasteiger partial charge in [0.15, 0.2) is 0 Å². The first kappa shape index (κ1) is 20.1. The normalized spacial score (nSPS) is 31.7. The predicted molar refractivity (Wildman–Crippen MR) is 108 cm³/mol. The minimum atomic E-state index is -0.578. The average Bonchev–Trinajstić information content (AvgIpc) is 2.82. The van der Waals surface area contributed by atoms with E-state index in [-0.39, 0.29) is 0 Å². The Hall–Kier alpha value is -1.64. The zero-order valence-corrected chi connectivity index (χ0v) is 16.7. The molecule has 27 heavy (non-hydrogen) atoms. The molecule has 0 radical (unpaired) electrons. The molecule has 0 amide bonds. The van der Waals surface area contributed by atoms with Crippen LogP contribution in [-0.2, 0) is 11.2 Å². The second-order valence-electron chi connectivity index (χ2n) is 8.57. The molecular weight excluding hydrogens is 338 g/mol. The van der Waals surface area contributed by atoms with Crippen LogP contribution in [-0.4, -0.2) is 39.9 Å². The number of nitrogens with zero attached hydrogens (tertiary/aromatic N) is 2. The summed E-state index contributed by atoms with van der Waals surface area (Å²) in [6.45, 7) is 1.96. The number of aliphatic hydroxyl groups is 1. The molecule has 1 aromatic heterocycles. The average molecular weight is 372 g/mol. The van der Waals surface area contributed by atoms with Gasteiger partial charge in [0.2, 0.25) is 5.95 Å². The van der Waals surface area contributed by atoms with E-state index in [1.165, 1.54) is 0 Å². The molecule has 2 aliphatic rings. The molecule has 2 saturated carbocycles. The van der Waals surface area contributed by atoms with Gasteiger partial charge in [-0.2, -0.15) is 0 Å². The molecule has 0 aliphatic heterocycles. The van der Waals surface area contributed by atoms with Gasteiger partial charge in [-0.25, -0.2) is 9.97 Å². The van der Waals surface area contributed by atoms with Crippen LogP contribution < -0.4 is 5.32 Å². The molecule has 5 nitrogen and oxygen atoms in total. The Kier molecular flexibility index (Phi) is 6.73. The Labute approximate surface area is 163 Å². The summed E-state index contributed by atoms with van der Waals surface area (Å²) < 4.78 is 5.45. The van der Waals surface area contributed by atoms with Crippen molar-refractivity contribution in [3.05, 3.63) is 17.5 Å². The smallest absolute Gasteiger partial charge is 0.223 e. The fourth-order valence-electron chi connectivity index (χ4n) is 4.60. The van der Waals surface area contributed by atoms with E-state index >= 15 is 0 Å². The zero-order valence-electron chi connectivity index (χ0n) is 16.7. The van der Waals surface area contributed by atoms with Crippen molar-refractivity contribution < 1.29 is 9.84 Å². The summed E-state index contributed by atoms with van der Waals surface area (Å²) in [5.74, 6) is 3.82. The Morgan fingerprint density at radius 1 is 1.30 bits per heavy atom. The third kappa shape index (κ3) is 5.67. The minimum Gasteiger partial charge on any atom is -0.390 e. The zero-order chi connectivity index (χ0) is 19.3. The van der Waals surface area contributed by atoms with Crippen LogP contribution in [0.4, 0.5) is 5.95 Å². The van der Waals surface area contributed by atoms with Crippen molar-refractivity contribution >= 4 is 5.95 Å². The fraction of sp³-hybridized carbons (Fsp3) is 0.727. The summed E-state index contributed by atoms with van der Waals surface area (Å²) in [7, 11) is 1.79. The highest BCUT2D eigenvalue weighted by atomic mass is 16.5. The lowest BCUT2D eigenvalue weighted by atomic mass is 9.87. The summed E-state index contributed by atoms with van der Waals surface area (Å²) in [4.78, 5) is 9.21. The van der Waals surface area contributed by atoms with E-state index in [0.717, 1.165) is 75.5 Å². The monoisotopic (exact) mass is 371 g/mol. The Morgan fingerprint density at radius 2 is 2.07 bits per heavy atom. The molecule has 2 N–H and O–H groups in total. The highest BCUT2D eigenvalue weighted by Crippen LogP contribution is 2.33. The van der Waals surface area contributed by atoms with Crippen LogP contribution in [0.1, 0.15) is 76.0 Å². The maximum Gasteiger partial charge on any atom is 0.223 e. The van der Waals surface area contributed by atoms with Gasteiger partial charge in [0, 0.05) is 19.3 Å². The quantitative estimate of drug-likeness (QED) is 0.610. The Bertz CT molecular complexity index is 660. The van der Waals surface area contributed by atoms with Crippen molar-refractivity contribution in [3.63, 3.8) is 0 Å². The van der Waals surface area contributed by atoms with Crippen molar-refractivity contribution in [1.82, 2.24) is 9.97 Å². The predicted octanol–water partition coefficient (Wildman–Crippen LogP) is 3.70. The first-order chi connectivity index (χ1) is 13.0. The van der Waals surface area contributed by atoms with Gasteiger partial charge in [-0.15, -0.1) is 6.42 Å². The van der Waals surface area contributed by atoms with E-state index in [1.54, 1.807) is 13.3 Å². The van der Waals surface area contributed by atoms with Crippen LogP contribution in [0.5, 0.6) is 0 Å². The van der Waals surface area contributed by atoms with E-state index in [9.17, 15) is 5.11 Å². The lowest BCUT2D eigenvalue weighted by Gasteiger charge is -2.28. The molecule has 3 rings (SSSR count). The second-order valence-corrected chi connectivity index (χ2v) is 8.57. The number of hydrogen-bond acceptors (Lipinski definition) is 5. The molecule has 2 atom stereocenters. The molecular formula is C22H33N3O2. The number of aromatic nitrogens is 2. The summed E-state index contributed by atoms with van der Waals surface area (Å²) in [5, 5.41) is 14.0. The number of hydrogen-bond donors (Lipinski definition) is 2. The summed E-state index contributed by atoms with van der Waals surface area (Å²) in [6, 6.07) is 0.388. The summed E-state index contributed by atoms with van der Waals surface area (Å²) >= 11 is 0. The van der Waals surface area contributed by atoms with Gasteiger partial charge in [0.1, 0.15) is 0 Å².